The summed E-state index contributed by atoms with van der Waals surface area (Å²) < 4.78 is 40.1. The molecule has 1 atom stereocenters. The van der Waals surface area contributed by atoms with Gasteiger partial charge in [0.1, 0.15) is 0 Å². The fraction of sp³-hybridized carbons (Fsp3) is 0.261. The Labute approximate surface area is 171 Å². The molecule has 0 saturated carbocycles. The fourth-order valence-corrected chi connectivity index (χ4v) is 3.93. The van der Waals surface area contributed by atoms with Gasteiger partial charge in [0.05, 0.1) is 23.1 Å². The van der Waals surface area contributed by atoms with Crippen LogP contribution in [-0.4, -0.2) is 28.9 Å². The van der Waals surface area contributed by atoms with Gasteiger partial charge < -0.3 is 4.90 Å². The van der Waals surface area contributed by atoms with Gasteiger partial charge in [-0.05, 0) is 48.2 Å². The first kappa shape index (κ1) is 19.9. The Morgan fingerprint density at radius 1 is 1.17 bits per heavy atom. The van der Waals surface area contributed by atoms with Gasteiger partial charge in [0, 0.05) is 30.2 Å². The first-order valence-corrected chi connectivity index (χ1v) is 9.63. The zero-order valence-electron chi connectivity index (χ0n) is 16.0. The zero-order valence-corrected chi connectivity index (χ0v) is 16.0. The summed E-state index contributed by atoms with van der Waals surface area (Å²) in [6, 6.07) is 14.7. The van der Waals surface area contributed by atoms with E-state index in [2.05, 4.69) is 11.1 Å². The van der Waals surface area contributed by atoms with Crippen molar-refractivity contribution in [1.82, 2.24) is 9.88 Å². The van der Waals surface area contributed by atoms with Crippen molar-refractivity contribution in [2.75, 3.05) is 13.1 Å². The highest BCUT2D eigenvalue weighted by Gasteiger charge is 2.33. The highest BCUT2D eigenvalue weighted by atomic mass is 19.4. The molecule has 0 aliphatic carbocycles. The molecule has 4 rings (SSSR count). The van der Waals surface area contributed by atoms with E-state index in [0.29, 0.717) is 35.2 Å². The third kappa shape index (κ3) is 3.73. The number of nitriles is 1. The molecule has 0 bridgehead atoms. The highest BCUT2D eigenvalue weighted by Crippen LogP contribution is 2.37. The summed E-state index contributed by atoms with van der Waals surface area (Å²) in [4.78, 5) is 18.6. The van der Waals surface area contributed by atoms with Crippen LogP contribution in [0.5, 0.6) is 0 Å². The Morgan fingerprint density at radius 2 is 1.97 bits per heavy atom. The Bertz CT molecular complexity index is 1150. The summed E-state index contributed by atoms with van der Waals surface area (Å²) in [5, 5.41) is 9.53. The molecule has 1 fully saturated rings. The lowest BCUT2D eigenvalue weighted by molar-refractivity contribution is -0.136. The van der Waals surface area contributed by atoms with E-state index in [1.807, 2.05) is 0 Å². The molecule has 152 valence electrons. The van der Waals surface area contributed by atoms with Crippen LogP contribution in [0.4, 0.5) is 13.2 Å². The molecule has 30 heavy (non-hydrogen) atoms. The second-order valence-corrected chi connectivity index (χ2v) is 7.36. The average molecular weight is 409 g/mol. The number of likely N-dealkylation sites (tertiary alicyclic amines) is 1. The predicted molar refractivity (Wildman–Crippen MR) is 106 cm³/mol. The molecule has 0 N–H and O–H groups in total. The van der Waals surface area contributed by atoms with Crippen molar-refractivity contribution in [3.05, 3.63) is 65.9 Å². The number of aromatic nitrogens is 1. The lowest BCUT2D eigenvalue weighted by atomic mass is 9.96. The molecular weight excluding hydrogens is 391 g/mol. The summed E-state index contributed by atoms with van der Waals surface area (Å²) >= 11 is 0. The molecule has 7 heteroatoms. The van der Waals surface area contributed by atoms with Crippen LogP contribution in [0.3, 0.4) is 0 Å². The number of nitrogens with zero attached hydrogens (tertiary/aromatic N) is 3. The fourth-order valence-electron chi connectivity index (χ4n) is 3.93. The summed E-state index contributed by atoms with van der Waals surface area (Å²) in [6.07, 6.45) is -1.60. The number of carbonyl (C=O) groups excluding carboxylic acids is 1. The van der Waals surface area contributed by atoms with Crippen LogP contribution in [0.25, 0.3) is 22.0 Å². The molecule has 3 aromatic rings. The van der Waals surface area contributed by atoms with Crippen molar-refractivity contribution in [2.45, 2.75) is 19.0 Å². The third-order valence-electron chi connectivity index (χ3n) is 5.39. The molecule has 1 unspecified atom stereocenters. The Balaban J connectivity index is 1.74. The predicted octanol–water partition coefficient (Wildman–Crippen LogP) is 5.30. The molecule has 4 nitrogen and oxygen atoms in total. The quantitative estimate of drug-likeness (QED) is 0.577. The van der Waals surface area contributed by atoms with Crippen LogP contribution in [-0.2, 0) is 6.18 Å². The average Bonchev–Trinajstić information content (AvgIpc) is 2.77. The van der Waals surface area contributed by atoms with Crippen molar-refractivity contribution in [3.8, 4) is 17.2 Å². The number of hydrogen-bond acceptors (Lipinski definition) is 3. The monoisotopic (exact) mass is 409 g/mol. The number of fused-ring (bicyclic) bond motifs is 1. The van der Waals surface area contributed by atoms with Crippen LogP contribution < -0.4 is 0 Å². The molecule has 0 spiro atoms. The van der Waals surface area contributed by atoms with Gasteiger partial charge in [-0.2, -0.15) is 18.4 Å². The summed E-state index contributed by atoms with van der Waals surface area (Å²) in [6.45, 7) is 0.987. The van der Waals surface area contributed by atoms with Gasteiger partial charge in [0.15, 0.2) is 0 Å². The van der Waals surface area contributed by atoms with Crippen LogP contribution in [0.15, 0.2) is 54.7 Å². The van der Waals surface area contributed by atoms with E-state index in [1.54, 1.807) is 41.3 Å². The summed E-state index contributed by atoms with van der Waals surface area (Å²) in [5.74, 6) is -0.345. The van der Waals surface area contributed by atoms with Gasteiger partial charge in [-0.25, -0.2) is 0 Å². The highest BCUT2D eigenvalue weighted by molar-refractivity contribution is 5.99. The van der Waals surface area contributed by atoms with Gasteiger partial charge in [-0.3, -0.25) is 9.78 Å². The number of alkyl halides is 3. The molecule has 0 radical (unpaired) electrons. The van der Waals surface area contributed by atoms with E-state index in [4.69, 9.17) is 5.26 Å². The van der Waals surface area contributed by atoms with E-state index < -0.39 is 11.7 Å². The number of para-hydroxylation sites is 1. The summed E-state index contributed by atoms with van der Waals surface area (Å²) in [5.41, 5.74) is 0.760. The van der Waals surface area contributed by atoms with Crippen LogP contribution in [0, 0.1) is 17.2 Å². The van der Waals surface area contributed by atoms with Crippen molar-refractivity contribution in [2.24, 2.45) is 5.92 Å². The number of rotatable bonds is 2. The number of amides is 1. The van der Waals surface area contributed by atoms with Gasteiger partial charge in [-0.15, -0.1) is 0 Å². The standard InChI is InChI=1S/C23H18F3N3O/c24-23(25,26)20-8-2-7-19-18(9-10-28-21(19)20)16-5-1-6-17(12-16)22(30)29-11-3-4-15(13-27)14-29/h1-2,5-10,12,15H,3-4,11,14H2. The normalized spacial score (nSPS) is 17.0. The van der Waals surface area contributed by atoms with Gasteiger partial charge >= 0.3 is 6.18 Å². The zero-order chi connectivity index (χ0) is 21.3. The molecule has 1 amide bonds. The molecule has 1 aliphatic heterocycles. The first-order chi connectivity index (χ1) is 14.4. The maximum absolute atomic E-state index is 13.4. The van der Waals surface area contributed by atoms with Crippen LogP contribution in [0.2, 0.25) is 0 Å². The number of piperidine rings is 1. The lowest BCUT2D eigenvalue weighted by Gasteiger charge is -2.29. The minimum absolute atomic E-state index is 0.118. The molecule has 1 aliphatic rings. The summed E-state index contributed by atoms with van der Waals surface area (Å²) in [7, 11) is 0. The molecular formula is C23H18F3N3O. The van der Waals surface area contributed by atoms with E-state index in [1.165, 1.54) is 12.3 Å². The Morgan fingerprint density at radius 3 is 2.73 bits per heavy atom. The Kier molecular flexibility index (Phi) is 5.17. The molecule has 1 aromatic heterocycles. The molecule has 2 aromatic carbocycles. The van der Waals surface area contributed by atoms with Gasteiger partial charge in [0.25, 0.3) is 5.91 Å². The van der Waals surface area contributed by atoms with Crippen molar-refractivity contribution < 1.29 is 18.0 Å². The molecule has 2 heterocycles. The SMILES string of the molecule is N#CC1CCCN(C(=O)c2cccc(-c3ccnc4c(C(F)(F)F)cccc34)c2)C1. The maximum atomic E-state index is 13.4. The van der Waals surface area contributed by atoms with Crippen LogP contribution in [0.1, 0.15) is 28.8 Å². The van der Waals surface area contributed by atoms with Crippen molar-refractivity contribution in [1.29, 1.82) is 5.26 Å². The number of benzene rings is 2. The second kappa shape index (κ2) is 7.79. The third-order valence-corrected chi connectivity index (χ3v) is 5.39. The first-order valence-electron chi connectivity index (χ1n) is 9.63. The number of carbonyl (C=O) groups is 1. The van der Waals surface area contributed by atoms with Gasteiger partial charge in [0.2, 0.25) is 0 Å². The van der Waals surface area contributed by atoms with Crippen molar-refractivity contribution in [3.63, 3.8) is 0 Å². The van der Waals surface area contributed by atoms with Gasteiger partial charge in [-0.1, -0.05) is 24.3 Å². The minimum Gasteiger partial charge on any atom is -0.337 e. The lowest BCUT2D eigenvalue weighted by Crippen LogP contribution is -2.39. The topological polar surface area (TPSA) is 57.0 Å². The second-order valence-electron chi connectivity index (χ2n) is 7.36. The smallest absolute Gasteiger partial charge is 0.337 e. The Hall–Kier alpha value is -3.40. The largest absolute Gasteiger partial charge is 0.418 e. The van der Waals surface area contributed by atoms with E-state index in [9.17, 15) is 18.0 Å². The van der Waals surface area contributed by atoms with E-state index in [-0.39, 0.29) is 17.3 Å². The van der Waals surface area contributed by atoms with Crippen molar-refractivity contribution >= 4 is 16.8 Å². The van der Waals surface area contributed by atoms with E-state index >= 15 is 0 Å². The number of hydrogen-bond donors (Lipinski definition) is 0. The minimum atomic E-state index is -4.51. The number of halogens is 3. The van der Waals surface area contributed by atoms with E-state index in [0.717, 1.165) is 18.9 Å². The molecule has 1 saturated heterocycles. The maximum Gasteiger partial charge on any atom is 0.418 e. The van der Waals surface area contributed by atoms with Crippen LogP contribution >= 0.6 is 0 Å². The number of pyridine rings is 1.